The van der Waals surface area contributed by atoms with Gasteiger partial charge in [-0.05, 0) is 38.1 Å². The molecule has 2 aromatic heterocycles. The van der Waals surface area contributed by atoms with Crippen molar-refractivity contribution < 1.29 is 13.6 Å². The molecule has 7 nitrogen and oxygen atoms in total. The van der Waals surface area contributed by atoms with Crippen LogP contribution in [0.25, 0.3) is 11.5 Å². The minimum Gasteiger partial charge on any atom is -0.494 e. The molecular formula is C15H16N4O3S. The van der Waals surface area contributed by atoms with E-state index in [2.05, 4.69) is 20.4 Å². The predicted octanol–water partition coefficient (Wildman–Crippen LogP) is 3.68. The number of aryl methyl sites for hydroxylation is 1. The van der Waals surface area contributed by atoms with Crippen LogP contribution in [-0.4, -0.2) is 27.0 Å². The van der Waals surface area contributed by atoms with Gasteiger partial charge in [0.2, 0.25) is 17.7 Å². The fourth-order valence-corrected chi connectivity index (χ4v) is 2.63. The lowest BCUT2D eigenvalue weighted by Gasteiger charge is -2.02. The van der Waals surface area contributed by atoms with Gasteiger partial charge in [-0.15, -0.1) is 20.4 Å². The van der Waals surface area contributed by atoms with E-state index < -0.39 is 0 Å². The van der Waals surface area contributed by atoms with E-state index in [0.717, 1.165) is 11.3 Å². The SMILES string of the molecule is CCOc1ccc(-c2nnc(S[C@@H](C)c3nnc(C)o3)o2)cc1. The highest BCUT2D eigenvalue weighted by Crippen LogP contribution is 2.34. The Bertz CT molecular complexity index is 769. The zero-order valence-corrected chi connectivity index (χ0v) is 13.8. The second-order valence-electron chi connectivity index (χ2n) is 4.75. The van der Waals surface area contributed by atoms with Gasteiger partial charge in [0, 0.05) is 12.5 Å². The maximum absolute atomic E-state index is 5.68. The first kappa shape index (κ1) is 15.5. The summed E-state index contributed by atoms with van der Waals surface area (Å²) >= 11 is 1.38. The molecule has 3 aromatic rings. The molecule has 0 bridgehead atoms. The lowest BCUT2D eigenvalue weighted by Crippen LogP contribution is -1.90. The van der Waals surface area contributed by atoms with Gasteiger partial charge in [-0.25, -0.2) is 0 Å². The summed E-state index contributed by atoms with van der Waals surface area (Å²) in [5.74, 6) is 2.34. The fraction of sp³-hybridized carbons (Fsp3) is 0.333. The molecule has 0 aliphatic carbocycles. The van der Waals surface area contributed by atoms with Crippen molar-refractivity contribution in [3.8, 4) is 17.2 Å². The van der Waals surface area contributed by atoms with Gasteiger partial charge >= 0.3 is 0 Å². The molecule has 8 heteroatoms. The number of ether oxygens (including phenoxy) is 1. The van der Waals surface area contributed by atoms with E-state index in [1.165, 1.54) is 11.8 Å². The van der Waals surface area contributed by atoms with Crippen molar-refractivity contribution in [2.24, 2.45) is 0 Å². The highest BCUT2D eigenvalue weighted by Gasteiger charge is 2.18. The quantitative estimate of drug-likeness (QED) is 0.632. The first-order valence-corrected chi connectivity index (χ1v) is 8.07. The van der Waals surface area contributed by atoms with Gasteiger partial charge in [0.15, 0.2) is 0 Å². The van der Waals surface area contributed by atoms with E-state index in [9.17, 15) is 0 Å². The van der Waals surface area contributed by atoms with Gasteiger partial charge in [-0.3, -0.25) is 0 Å². The third-order valence-electron chi connectivity index (χ3n) is 2.99. The van der Waals surface area contributed by atoms with Gasteiger partial charge in [-0.1, -0.05) is 11.8 Å². The number of hydrogen-bond acceptors (Lipinski definition) is 8. The molecule has 0 saturated heterocycles. The van der Waals surface area contributed by atoms with Crippen LogP contribution < -0.4 is 4.74 Å². The maximum Gasteiger partial charge on any atom is 0.277 e. The highest BCUT2D eigenvalue weighted by molar-refractivity contribution is 7.99. The van der Waals surface area contributed by atoms with Crippen molar-refractivity contribution in [1.29, 1.82) is 0 Å². The number of nitrogens with zero attached hydrogens (tertiary/aromatic N) is 4. The van der Waals surface area contributed by atoms with E-state index in [1.807, 2.05) is 38.1 Å². The number of aromatic nitrogens is 4. The van der Waals surface area contributed by atoms with Crippen LogP contribution in [0.15, 0.2) is 38.3 Å². The van der Waals surface area contributed by atoms with Gasteiger partial charge < -0.3 is 13.6 Å². The molecule has 0 saturated carbocycles. The summed E-state index contributed by atoms with van der Waals surface area (Å²) < 4.78 is 16.5. The molecule has 0 unspecified atom stereocenters. The Balaban J connectivity index is 1.70. The topological polar surface area (TPSA) is 87.1 Å². The van der Waals surface area contributed by atoms with Crippen LogP contribution in [-0.2, 0) is 0 Å². The first-order chi connectivity index (χ1) is 11.2. The van der Waals surface area contributed by atoms with Crippen LogP contribution in [0.2, 0.25) is 0 Å². The maximum atomic E-state index is 5.68. The minimum absolute atomic E-state index is 0.0650. The van der Waals surface area contributed by atoms with Crippen molar-refractivity contribution in [3.63, 3.8) is 0 Å². The Kier molecular flexibility index (Phi) is 4.61. The molecule has 2 heterocycles. The molecule has 0 amide bonds. The third kappa shape index (κ3) is 3.70. The number of rotatable bonds is 6. The van der Waals surface area contributed by atoms with Crippen LogP contribution in [0.1, 0.15) is 30.9 Å². The first-order valence-electron chi connectivity index (χ1n) is 7.19. The average Bonchev–Trinajstić information content (AvgIpc) is 3.18. The summed E-state index contributed by atoms with van der Waals surface area (Å²) in [4.78, 5) is 0. The molecule has 1 atom stereocenters. The van der Waals surface area contributed by atoms with Crippen LogP contribution in [0, 0.1) is 6.92 Å². The average molecular weight is 332 g/mol. The molecule has 0 fully saturated rings. The van der Waals surface area contributed by atoms with Crippen molar-refractivity contribution in [2.75, 3.05) is 6.61 Å². The summed E-state index contributed by atoms with van der Waals surface area (Å²) in [6.07, 6.45) is 0. The molecule has 0 radical (unpaired) electrons. The normalized spacial score (nSPS) is 12.3. The van der Waals surface area contributed by atoms with Crippen LogP contribution in [0.4, 0.5) is 0 Å². The minimum atomic E-state index is -0.0650. The Morgan fingerprint density at radius 1 is 1.09 bits per heavy atom. The van der Waals surface area contributed by atoms with Gasteiger partial charge in [0.25, 0.3) is 5.22 Å². The van der Waals surface area contributed by atoms with E-state index in [-0.39, 0.29) is 5.25 Å². The van der Waals surface area contributed by atoms with Gasteiger partial charge in [0.05, 0.1) is 11.9 Å². The van der Waals surface area contributed by atoms with E-state index in [1.54, 1.807) is 6.92 Å². The smallest absolute Gasteiger partial charge is 0.277 e. The number of hydrogen-bond donors (Lipinski definition) is 0. The fourth-order valence-electron chi connectivity index (χ4n) is 1.91. The van der Waals surface area contributed by atoms with E-state index in [0.29, 0.717) is 29.5 Å². The third-order valence-corrected chi connectivity index (χ3v) is 3.91. The van der Waals surface area contributed by atoms with Crippen LogP contribution in [0.3, 0.4) is 0 Å². The summed E-state index contributed by atoms with van der Waals surface area (Å²) in [5, 5.41) is 16.3. The molecule has 0 spiro atoms. The molecule has 3 rings (SSSR count). The molecule has 0 N–H and O–H groups in total. The summed E-state index contributed by atoms with van der Waals surface area (Å²) in [5.41, 5.74) is 0.842. The van der Waals surface area contributed by atoms with Gasteiger partial charge in [0.1, 0.15) is 5.75 Å². The number of benzene rings is 1. The second kappa shape index (κ2) is 6.82. The predicted molar refractivity (Wildman–Crippen MR) is 84.2 cm³/mol. The zero-order chi connectivity index (χ0) is 16.2. The Morgan fingerprint density at radius 2 is 1.87 bits per heavy atom. The summed E-state index contributed by atoms with van der Waals surface area (Å²) in [7, 11) is 0. The van der Waals surface area contributed by atoms with Crippen molar-refractivity contribution in [1.82, 2.24) is 20.4 Å². The number of thioether (sulfide) groups is 1. The Morgan fingerprint density at radius 3 is 2.52 bits per heavy atom. The largest absolute Gasteiger partial charge is 0.494 e. The molecule has 0 aliphatic heterocycles. The Hall–Kier alpha value is -2.35. The zero-order valence-electron chi connectivity index (χ0n) is 13.0. The molecule has 120 valence electrons. The van der Waals surface area contributed by atoms with E-state index >= 15 is 0 Å². The molecular weight excluding hydrogens is 316 g/mol. The van der Waals surface area contributed by atoms with Gasteiger partial charge in [-0.2, -0.15) is 0 Å². The van der Waals surface area contributed by atoms with Crippen molar-refractivity contribution in [2.45, 2.75) is 31.2 Å². The van der Waals surface area contributed by atoms with Crippen LogP contribution in [0.5, 0.6) is 5.75 Å². The monoisotopic (exact) mass is 332 g/mol. The summed E-state index contributed by atoms with van der Waals surface area (Å²) in [6.45, 7) is 6.28. The lowest BCUT2D eigenvalue weighted by atomic mass is 10.2. The van der Waals surface area contributed by atoms with Crippen LogP contribution >= 0.6 is 11.8 Å². The summed E-state index contributed by atoms with van der Waals surface area (Å²) in [6, 6.07) is 7.52. The highest BCUT2D eigenvalue weighted by atomic mass is 32.2. The van der Waals surface area contributed by atoms with E-state index in [4.69, 9.17) is 13.6 Å². The van der Waals surface area contributed by atoms with Crippen molar-refractivity contribution >= 4 is 11.8 Å². The standard InChI is InChI=1S/C15H16N4O3S/c1-4-20-12-7-5-11(6-8-12)14-18-19-15(22-14)23-9(2)13-17-16-10(3)21-13/h5-9H,4H2,1-3H3/t9-/m0/s1. The molecule has 23 heavy (non-hydrogen) atoms. The molecule has 0 aliphatic rings. The lowest BCUT2D eigenvalue weighted by molar-refractivity contribution is 0.340. The Labute approximate surface area is 137 Å². The van der Waals surface area contributed by atoms with Crippen molar-refractivity contribution in [3.05, 3.63) is 36.0 Å². The molecule has 1 aromatic carbocycles. The second-order valence-corrected chi connectivity index (χ2v) is 6.04.